The second-order valence-electron chi connectivity index (χ2n) is 7.69. The summed E-state index contributed by atoms with van der Waals surface area (Å²) in [6, 6.07) is 18.3. The number of nitrogens with one attached hydrogen (secondary N) is 1. The van der Waals surface area contributed by atoms with Crippen molar-refractivity contribution in [1.82, 2.24) is 20.1 Å². The summed E-state index contributed by atoms with van der Waals surface area (Å²) in [6.07, 6.45) is 0.0360. The number of H-pyrrole nitrogens is 1. The maximum absolute atomic E-state index is 14.1. The Labute approximate surface area is 189 Å². The van der Waals surface area contributed by atoms with Crippen molar-refractivity contribution in [2.24, 2.45) is 0 Å². The van der Waals surface area contributed by atoms with Crippen LogP contribution in [0.1, 0.15) is 36.4 Å². The monoisotopic (exact) mass is 454 g/mol. The molecule has 164 valence electrons. The first kappa shape index (κ1) is 21.9. The standard InChI is InChI=1S/C24H20F2N4O.ClH/c25-23(26)18-13-19(16-8-4-9-17(12-16)20-10-5-11-30(20)14-31)27-24-21(18)22(28-29-24)15-6-2-1-3-7-15;/h1-4,6-9,12-14,20,23H,5,10-11H2,(H,27,28,29);1H. The van der Waals surface area contributed by atoms with Crippen molar-refractivity contribution in [2.75, 3.05) is 6.54 Å². The highest BCUT2D eigenvalue weighted by molar-refractivity contribution is 5.95. The fourth-order valence-electron chi connectivity index (χ4n) is 4.36. The second kappa shape index (κ2) is 9.04. The third-order valence-corrected chi connectivity index (χ3v) is 5.84. The van der Waals surface area contributed by atoms with E-state index in [4.69, 9.17) is 0 Å². The van der Waals surface area contributed by atoms with Crippen LogP contribution >= 0.6 is 12.4 Å². The summed E-state index contributed by atoms with van der Waals surface area (Å²) in [5.41, 5.74) is 3.60. The molecule has 8 heteroatoms. The van der Waals surface area contributed by atoms with Gasteiger partial charge < -0.3 is 4.90 Å². The van der Waals surface area contributed by atoms with E-state index in [9.17, 15) is 13.6 Å². The first-order valence-electron chi connectivity index (χ1n) is 10.2. The number of aromatic amines is 1. The zero-order chi connectivity index (χ0) is 21.4. The van der Waals surface area contributed by atoms with Gasteiger partial charge >= 0.3 is 0 Å². The molecule has 0 spiro atoms. The first-order valence-corrected chi connectivity index (χ1v) is 10.2. The second-order valence-corrected chi connectivity index (χ2v) is 7.69. The van der Waals surface area contributed by atoms with Gasteiger partial charge in [0, 0.05) is 23.2 Å². The molecule has 0 bridgehead atoms. The van der Waals surface area contributed by atoms with E-state index in [1.165, 1.54) is 6.07 Å². The lowest BCUT2D eigenvalue weighted by Gasteiger charge is -2.20. The summed E-state index contributed by atoms with van der Waals surface area (Å²) >= 11 is 0. The maximum atomic E-state index is 14.1. The number of carbonyl (C=O) groups excluding carboxylic acids is 1. The molecule has 1 saturated heterocycles. The van der Waals surface area contributed by atoms with Crippen molar-refractivity contribution >= 4 is 29.9 Å². The van der Waals surface area contributed by atoms with Gasteiger partial charge in [0.15, 0.2) is 5.65 Å². The summed E-state index contributed by atoms with van der Waals surface area (Å²) in [4.78, 5) is 17.7. The molecule has 0 aliphatic carbocycles. The van der Waals surface area contributed by atoms with Gasteiger partial charge in [-0.15, -0.1) is 12.4 Å². The summed E-state index contributed by atoms with van der Waals surface area (Å²) < 4.78 is 28.1. The van der Waals surface area contributed by atoms with Gasteiger partial charge in [0.1, 0.15) is 5.69 Å². The molecular weight excluding hydrogens is 434 g/mol. The SMILES string of the molecule is Cl.O=CN1CCCC1c1cccc(-c2cc(C(F)F)c3c(-c4ccccc4)n[nH]c3n2)c1. The van der Waals surface area contributed by atoms with Gasteiger partial charge in [-0.25, -0.2) is 13.8 Å². The summed E-state index contributed by atoms with van der Waals surface area (Å²) in [6.45, 7) is 0.731. The third kappa shape index (κ3) is 3.84. The fourth-order valence-corrected chi connectivity index (χ4v) is 4.36. The van der Waals surface area contributed by atoms with E-state index in [0.29, 0.717) is 22.4 Å². The Kier molecular flexibility index (Phi) is 6.19. The van der Waals surface area contributed by atoms with Crippen LogP contribution in [-0.2, 0) is 4.79 Å². The van der Waals surface area contributed by atoms with Gasteiger partial charge in [-0.1, -0.05) is 48.5 Å². The Morgan fingerprint density at radius 1 is 1.06 bits per heavy atom. The number of likely N-dealkylation sites (tertiary alicyclic amines) is 1. The number of carbonyl (C=O) groups is 1. The van der Waals surface area contributed by atoms with Crippen LogP contribution < -0.4 is 0 Å². The molecule has 1 amide bonds. The largest absolute Gasteiger partial charge is 0.338 e. The number of halogens is 3. The van der Waals surface area contributed by atoms with Crippen molar-refractivity contribution in [3.05, 3.63) is 71.8 Å². The molecule has 0 saturated carbocycles. The number of alkyl halides is 2. The van der Waals surface area contributed by atoms with E-state index < -0.39 is 6.43 Å². The predicted molar refractivity (Wildman–Crippen MR) is 122 cm³/mol. The molecule has 2 aromatic carbocycles. The molecule has 1 aliphatic heterocycles. The average Bonchev–Trinajstić information content (AvgIpc) is 3.46. The van der Waals surface area contributed by atoms with Crippen LogP contribution in [0.15, 0.2) is 60.7 Å². The van der Waals surface area contributed by atoms with Gasteiger partial charge in [0.05, 0.1) is 17.1 Å². The van der Waals surface area contributed by atoms with Crippen LogP contribution in [0.25, 0.3) is 33.5 Å². The van der Waals surface area contributed by atoms with Crippen LogP contribution in [0.5, 0.6) is 0 Å². The van der Waals surface area contributed by atoms with Gasteiger partial charge in [-0.3, -0.25) is 9.89 Å². The minimum atomic E-state index is -2.67. The highest BCUT2D eigenvalue weighted by atomic mass is 35.5. The molecule has 1 unspecified atom stereocenters. The van der Waals surface area contributed by atoms with E-state index in [-0.39, 0.29) is 24.0 Å². The number of aromatic nitrogens is 3. The van der Waals surface area contributed by atoms with Crippen LogP contribution in [0.2, 0.25) is 0 Å². The van der Waals surface area contributed by atoms with E-state index in [1.54, 1.807) is 4.90 Å². The number of rotatable bonds is 5. The van der Waals surface area contributed by atoms with Crippen LogP contribution in [0, 0.1) is 0 Å². The summed E-state index contributed by atoms with van der Waals surface area (Å²) in [7, 11) is 0. The topological polar surface area (TPSA) is 61.9 Å². The van der Waals surface area contributed by atoms with Crippen LogP contribution in [0.4, 0.5) is 8.78 Å². The van der Waals surface area contributed by atoms with E-state index >= 15 is 0 Å². The zero-order valence-electron chi connectivity index (χ0n) is 17.0. The molecule has 2 aromatic heterocycles. The smallest absolute Gasteiger partial charge is 0.264 e. The minimum Gasteiger partial charge on any atom is -0.338 e. The molecule has 0 radical (unpaired) electrons. The van der Waals surface area contributed by atoms with Crippen molar-refractivity contribution < 1.29 is 13.6 Å². The lowest BCUT2D eigenvalue weighted by Crippen LogP contribution is -2.21. The molecule has 5 nitrogen and oxygen atoms in total. The number of pyridine rings is 1. The Morgan fingerprint density at radius 2 is 1.84 bits per heavy atom. The Bertz CT molecular complexity index is 1250. The first-order chi connectivity index (χ1) is 15.2. The Balaban J connectivity index is 0.00000245. The minimum absolute atomic E-state index is 0. The highest BCUT2D eigenvalue weighted by Crippen LogP contribution is 2.37. The van der Waals surface area contributed by atoms with Crippen molar-refractivity contribution in [3.63, 3.8) is 0 Å². The molecule has 1 aliphatic rings. The van der Waals surface area contributed by atoms with Crippen LogP contribution in [0.3, 0.4) is 0 Å². The molecular formula is C24H21ClF2N4O. The normalized spacial score (nSPS) is 15.8. The fraction of sp³-hybridized carbons (Fsp3) is 0.208. The lowest BCUT2D eigenvalue weighted by atomic mass is 9.98. The number of nitrogens with zero attached hydrogens (tertiary/aromatic N) is 3. The Hall–Kier alpha value is -3.32. The van der Waals surface area contributed by atoms with Crippen molar-refractivity contribution in [3.8, 4) is 22.5 Å². The van der Waals surface area contributed by atoms with Gasteiger partial charge in [-0.2, -0.15) is 5.10 Å². The number of benzene rings is 2. The predicted octanol–water partition coefficient (Wildman–Crippen LogP) is 5.94. The van der Waals surface area contributed by atoms with Crippen LogP contribution in [-0.4, -0.2) is 33.0 Å². The highest BCUT2D eigenvalue weighted by Gasteiger charge is 2.25. The number of amides is 1. The molecule has 1 atom stereocenters. The van der Waals surface area contributed by atoms with Crippen molar-refractivity contribution in [1.29, 1.82) is 0 Å². The molecule has 5 rings (SSSR count). The molecule has 4 aromatic rings. The van der Waals surface area contributed by atoms with E-state index in [1.807, 2.05) is 54.6 Å². The van der Waals surface area contributed by atoms with E-state index in [2.05, 4.69) is 15.2 Å². The third-order valence-electron chi connectivity index (χ3n) is 5.84. The lowest BCUT2D eigenvalue weighted by molar-refractivity contribution is -0.118. The Morgan fingerprint density at radius 3 is 2.59 bits per heavy atom. The van der Waals surface area contributed by atoms with Gasteiger partial charge in [0.2, 0.25) is 6.41 Å². The molecule has 1 N–H and O–H groups in total. The van der Waals surface area contributed by atoms with Gasteiger partial charge in [0.25, 0.3) is 6.43 Å². The van der Waals surface area contributed by atoms with Gasteiger partial charge in [-0.05, 0) is 30.5 Å². The molecule has 3 heterocycles. The summed E-state index contributed by atoms with van der Waals surface area (Å²) in [5, 5.41) is 7.44. The molecule has 1 fully saturated rings. The quantitative estimate of drug-likeness (QED) is 0.379. The number of hydrogen-bond acceptors (Lipinski definition) is 3. The summed E-state index contributed by atoms with van der Waals surface area (Å²) in [5.74, 6) is 0. The number of hydrogen-bond donors (Lipinski definition) is 1. The van der Waals surface area contributed by atoms with E-state index in [0.717, 1.165) is 42.5 Å². The average molecular weight is 455 g/mol. The number of fused-ring (bicyclic) bond motifs is 1. The molecule has 32 heavy (non-hydrogen) atoms. The maximum Gasteiger partial charge on any atom is 0.264 e. The zero-order valence-corrected chi connectivity index (χ0v) is 17.9. The van der Waals surface area contributed by atoms with Crippen molar-refractivity contribution in [2.45, 2.75) is 25.3 Å².